The Hall–Kier alpha value is -0.160. The van der Waals surface area contributed by atoms with E-state index < -0.39 is 6.41 Å². The molecule has 0 saturated carbocycles. The van der Waals surface area contributed by atoms with Crippen molar-refractivity contribution in [1.29, 1.82) is 0 Å². The van der Waals surface area contributed by atoms with Crippen molar-refractivity contribution in [2.75, 3.05) is 13.2 Å². The Labute approximate surface area is 73.5 Å². The molecular weight excluding hydrogens is 158 g/mol. The number of hydrogen-bond acceptors (Lipinski definition) is 4. The van der Waals surface area contributed by atoms with Crippen LogP contribution in [0, 0.1) is 0 Å². The first-order valence-corrected chi connectivity index (χ1v) is 4.16. The first-order chi connectivity index (χ1) is 5.45. The smallest absolute Gasteiger partial charge is 0.214 e. The molecule has 1 atom stereocenters. The lowest BCUT2D eigenvalue weighted by molar-refractivity contribution is -0.181. The molecule has 0 rings (SSSR count). The lowest BCUT2D eigenvalue weighted by atomic mass is 10.2. The third-order valence-corrected chi connectivity index (χ3v) is 1.12. The molecule has 4 heteroatoms. The van der Waals surface area contributed by atoms with Crippen molar-refractivity contribution < 1.29 is 14.9 Å². The molecule has 74 valence electrons. The van der Waals surface area contributed by atoms with Gasteiger partial charge in [-0.15, -0.1) is 0 Å². The van der Waals surface area contributed by atoms with Crippen LogP contribution in [0.2, 0.25) is 0 Å². The van der Waals surface area contributed by atoms with Gasteiger partial charge in [-0.25, -0.2) is 0 Å². The average molecular weight is 177 g/mol. The first kappa shape index (κ1) is 11.8. The zero-order valence-corrected chi connectivity index (χ0v) is 8.00. The molecule has 0 aromatic carbocycles. The predicted octanol–water partition coefficient (Wildman–Crippen LogP) is 0.0494. The van der Waals surface area contributed by atoms with Crippen LogP contribution in [-0.4, -0.2) is 35.4 Å². The largest absolute Gasteiger partial charge is 0.396 e. The summed E-state index contributed by atoms with van der Waals surface area (Å²) in [6.07, 6.45) is -0.332. The minimum Gasteiger partial charge on any atom is -0.396 e. The maximum atomic E-state index is 9.20. The van der Waals surface area contributed by atoms with Gasteiger partial charge in [0.2, 0.25) is 6.41 Å². The molecule has 0 saturated heterocycles. The number of nitrogens with one attached hydrogen (secondary N) is 1. The molecule has 0 amide bonds. The van der Waals surface area contributed by atoms with Gasteiger partial charge in [-0.3, -0.25) is 5.32 Å². The highest BCUT2D eigenvalue weighted by Gasteiger charge is 2.15. The second-order valence-corrected chi connectivity index (χ2v) is 3.61. The normalized spacial score (nSPS) is 14.8. The molecule has 0 aromatic heterocycles. The Kier molecular flexibility index (Phi) is 5.41. The summed E-state index contributed by atoms with van der Waals surface area (Å²) >= 11 is 0. The van der Waals surface area contributed by atoms with Crippen molar-refractivity contribution in [3.05, 3.63) is 0 Å². The lowest BCUT2D eigenvalue weighted by Crippen LogP contribution is -2.38. The van der Waals surface area contributed by atoms with E-state index in [1.807, 2.05) is 20.8 Å². The van der Waals surface area contributed by atoms with E-state index in [2.05, 4.69) is 5.32 Å². The van der Waals surface area contributed by atoms with Gasteiger partial charge in [-0.2, -0.15) is 0 Å². The number of ether oxygens (including phenoxy) is 1. The standard InChI is InChI=1S/C8H19NO3/c1-8(2,3)12-7(11)9-5-4-6-10/h7,9-11H,4-6H2,1-3H3. The van der Waals surface area contributed by atoms with Gasteiger partial charge < -0.3 is 14.9 Å². The van der Waals surface area contributed by atoms with E-state index in [9.17, 15) is 5.11 Å². The van der Waals surface area contributed by atoms with Crippen molar-refractivity contribution in [3.8, 4) is 0 Å². The maximum absolute atomic E-state index is 9.20. The molecule has 0 aliphatic heterocycles. The van der Waals surface area contributed by atoms with Crippen molar-refractivity contribution in [2.24, 2.45) is 0 Å². The van der Waals surface area contributed by atoms with Gasteiger partial charge >= 0.3 is 0 Å². The van der Waals surface area contributed by atoms with E-state index in [1.54, 1.807) is 0 Å². The first-order valence-electron chi connectivity index (χ1n) is 4.16. The van der Waals surface area contributed by atoms with Crippen molar-refractivity contribution in [3.63, 3.8) is 0 Å². The second kappa shape index (κ2) is 5.48. The van der Waals surface area contributed by atoms with Gasteiger partial charge in [0.05, 0.1) is 5.60 Å². The maximum Gasteiger partial charge on any atom is 0.214 e. The monoisotopic (exact) mass is 177 g/mol. The molecule has 0 fully saturated rings. The van der Waals surface area contributed by atoms with Crippen LogP contribution in [-0.2, 0) is 4.74 Å². The molecule has 0 heterocycles. The summed E-state index contributed by atoms with van der Waals surface area (Å²) in [4.78, 5) is 0. The number of aliphatic hydroxyl groups is 2. The van der Waals surface area contributed by atoms with E-state index in [4.69, 9.17) is 9.84 Å². The van der Waals surface area contributed by atoms with E-state index >= 15 is 0 Å². The fraction of sp³-hybridized carbons (Fsp3) is 1.00. The molecule has 0 aliphatic carbocycles. The van der Waals surface area contributed by atoms with Crippen molar-refractivity contribution >= 4 is 0 Å². The fourth-order valence-corrected chi connectivity index (χ4v) is 0.681. The Morgan fingerprint density at radius 3 is 2.42 bits per heavy atom. The molecule has 0 spiro atoms. The van der Waals surface area contributed by atoms with Crippen molar-refractivity contribution in [2.45, 2.75) is 39.2 Å². The summed E-state index contributed by atoms with van der Waals surface area (Å²) in [6, 6.07) is 0. The molecular formula is C8H19NO3. The van der Waals surface area contributed by atoms with Gasteiger partial charge in [0.25, 0.3) is 0 Å². The molecule has 0 bridgehead atoms. The highest BCUT2D eigenvalue weighted by atomic mass is 16.6. The Morgan fingerprint density at radius 1 is 1.42 bits per heavy atom. The van der Waals surface area contributed by atoms with E-state index in [0.29, 0.717) is 13.0 Å². The lowest BCUT2D eigenvalue weighted by Gasteiger charge is -2.24. The highest BCUT2D eigenvalue weighted by Crippen LogP contribution is 2.07. The summed E-state index contributed by atoms with van der Waals surface area (Å²) in [5.74, 6) is 0. The van der Waals surface area contributed by atoms with Crippen LogP contribution < -0.4 is 5.32 Å². The predicted molar refractivity (Wildman–Crippen MR) is 46.6 cm³/mol. The third kappa shape index (κ3) is 7.94. The van der Waals surface area contributed by atoms with Gasteiger partial charge in [-0.1, -0.05) is 0 Å². The molecule has 4 nitrogen and oxygen atoms in total. The van der Waals surface area contributed by atoms with Crippen LogP contribution in [0.15, 0.2) is 0 Å². The van der Waals surface area contributed by atoms with E-state index in [0.717, 1.165) is 0 Å². The Balaban J connectivity index is 3.40. The van der Waals surface area contributed by atoms with Crippen LogP contribution in [0.3, 0.4) is 0 Å². The fourth-order valence-electron chi connectivity index (χ4n) is 0.681. The third-order valence-electron chi connectivity index (χ3n) is 1.12. The summed E-state index contributed by atoms with van der Waals surface area (Å²) in [5, 5.41) is 20.4. The van der Waals surface area contributed by atoms with Gasteiger partial charge in [0.15, 0.2) is 0 Å². The summed E-state index contributed by atoms with van der Waals surface area (Å²) in [6.45, 7) is 6.26. The molecule has 1 unspecified atom stereocenters. The van der Waals surface area contributed by atoms with E-state index in [1.165, 1.54) is 0 Å². The molecule has 3 N–H and O–H groups in total. The summed E-state index contributed by atoms with van der Waals surface area (Å²) in [7, 11) is 0. The minimum atomic E-state index is -0.948. The molecule has 12 heavy (non-hydrogen) atoms. The van der Waals surface area contributed by atoms with Gasteiger partial charge in [-0.05, 0) is 27.2 Å². The zero-order chi connectivity index (χ0) is 9.61. The van der Waals surface area contributed by atoms with Crippen LogP contribution in [0.4, 0.5) is 0 Å². The second-order valence-electron chi connectivity index (χ2n) is 3.61. The highest BCUT2D eigenvalue weighted by molar-refractivity contribution is 4.59. The van der Waals surface area contributed by atoms with E-state index in [-0.39, 0.29) is 12.2 Å². The summed E-state index contributed by atoms with van der Waals surface area (Å²) in [5.41, 5.74) is -0.356. The Morgan fingerprint density at radius 2 is 2.00 bits per heavy atom. The van der Waals surface area contributed by atoms with Crippen LogP contribution in [0.25, 0.3) is 0 Å². The van der Waals surface area contributed by atoms with Crippen LogP contribution in [0.1, 0.15) is 27.2 Å². The quantitative estimate of drug-likeness (QED) is 0.410. The Bertz CT molecular complexity index is 111. The number of hydrogen-bond donors (Lipinski definition) is 3. The van der Waals surface area contributed by atoms with Crippen molar-refractivity contribution in [1.82, 2.24) is 5.32 Å². The van der Waals surface area contributed by atoms with Gasteiger partial charge in [0.1, 0.15) is 0 Å². The molecule has 0 aliphatic rings. The van der Waals surface area contributed by atoms with Gasteiger partial charge in [0, 0.05) is 13.2 Å². The number of rotatable bonds is 5. The van der Waals surface area contributed by atoms with Crippen LogP contribution in [0.5, 0.6) is 0 Å². The molecule has 0 radical (unpaired) electrons. The number of aliphatic hydroxyl groups excluding tert-OH is 2. The van der Waals surface area contributed by atoms with Crippen LogP contribution >= 0.6 is 0 Å². The SMILES string of the molecule is CC(C)(C)OC(O)NCCCO. The zero-order valence-electron chi connectivity index (χ0n) is 8.00. The minimum absolute atomic E-state index is 0.120. The topological polar surface area (TPSA) is 61.7 Å². The average Bonchev–Trinajstić information content (AvgIpc) is 1.84. The molecule has 0 aromatic rings. The summed E-state index contributed by atoms with van der Waals surface area (Å²) < 4.78 is 5.15.